The third-order valence-corrected chi connectivity index (χ3v) is 2.29. The minimum Gasteiger partial charge on any atom is -0.102 e. The van der Waals surface area contributed by atoms with E-state index in [1.165, 1.54) is 0 Å². The van der Waals surface area contributed by atoms with Crippen LogP contribution in [0.5, 0.6) is 0 Å². The van der Waals surface area contributed by atoms with Gasteiger partial charge in [-0.1, -0.05) is 23.8 Å². The van der Waals surface area contributed by atoms with Gasteiger partial charge < -0.3 is 0 Å². The van der Waals surface area contributed by atoms with Gasteiger partial charge in [0, 0.05) is 0 Å². The third-order valence-electron chi connectivity index (χ3n) is 2.29. The molecule has 0 atom stereocenters. The van der Waals surface area contributed by atoms with E-state index in [4.69, 9.17) is 47.1 Å². The summed E-state index contributed by atoms with van der Waals surface area (Å²) in [7, 11) is 33.9. The summed E-state index contributed by atoms with van der Waals surface area (Å²) in [6, 6.07) is 0. The summed E-state index contributed by atoms with van der Waals surface area (Å²) < 4.78 is 0. The van der Waals surface area contributed by atoms with Crippen LogP contribution in [0, 0.1) is 0 Å². The van der Waals surface area contributed by atoms with E-state index in [0.29, 0.717) is 33.0 Å². The van der Waals surface area contributed by atoms with Gasteiger partial charge in [-0.2, -0.15) is 0 Å². The zero-order valence-electron chi connectivity index (χ0n) is 7.88. The predicted molar refractivity (Wildman–Crippen MR) is 66.9 cm³/mol. The molecule has 0 spiro atoms. The molecule has 1 aromatic carbocycles. The van der Waals surface area contributed by atoms with E-state index in [1.54, 1.807) is 0 Å². The quantitative estimate of drug-likeness (QED) is 0.394. The van der Waals surface area contributed by atoms with Crippen molar-refractivity contribution >= 4 is 68.9 Å². The Balaban J connectivity index is 3.55. The minimum atomic E-state index is 0.205. The molecule has 0 aliphatic rings. The Labute approximate surface area is 93.1 Å². The lowest BCUT2D eigenvalue weighted by atomic mass is 9.61. The molecule has 0 aromatic heterocycles. The zero-order chi connectivity index (χ0) is 10.9. The van der Waals surface area contributed by atoms with Crippen molar-refractivity contribution in [3.8, 4) is 0 Å². The third kappa shape index (κ3) is 1.71. The van der Waals surface area contributed by atoms with Crippen LogP contribution in [0.4, 0.5) is 0 Å². The predicted octanol–water partition coefficient (Wildman–Crippen LogP) is -3.80. The highest BCUT2D eigenvalue weighted by molar-refractivity contribution is 6.58. The average Bonchev–Trinajstić information content (AvgIpc) is 2.17. The highest BCUT2D eigenvalue weighted by Gasteiger charge is 2.09. The van der Waals surface area contributed by atoms with Gasteiger partial charge in [-0.25, -0.2) is 0 Å². The van der Waals surface area contributed by atoms with Crippen molar-refractivity contribution in [2.24, 2.45) is 0 Å². The molecule has 12 radical (unpaired) electrons. The largest absolute Gasteiger partial charge is 0.113 e. The van der Waals surface area contributed by atoms with Gasteiger partial charge in [0.1, 0.15) is 31.4 Å². The molecule has 14 heavy (non-hydrogen) atoms. The van der Waals surface area contributed by atoms with Gasteiger partial charge in [-0.05, 0) is 0 Å². The van der Waals surface area contributed by atoms with Crippen molar-refractivity contribution in [2.45, 2.75) is 12.6 Å². The van der Waals surface area contributed by atoms with Crippen LogP contribution in [-0.2, 0) is 12.6 Å². The van der Waals surface area contributed by atoms with Crippen LogP contribution in [0.3, 0.4) is 0 Å². The molecule has 0 amide bonds. The molecule has 0 fully saturated rings. The Morgan fingerprint density at radius 3 is 0.929 bits per heavy atom. The van der Waals surface area contributed by atoms with Gasteiger partial charge in [-0.15, -0.1) is 21.9 Å². The second-order valence-corrected chi connectivity index (χ2v) is 3.02. The lowest BCUT2D eigenvalue weighted by molar-refractivity contribution is 1.44. The molecule has 0 N–H and O–H groups in total. The first-order valence-electron chi connectivity index (χ1n) is 4.18. The smallest absolute Gasteiger partial charge is 0.102 e. The first kappa shape index (κ1) is 11.7. The Hall–Kier alpha value is -0.390. The highest BCUT2D eigenvalue weighted by atomic mass is 14.1. The molecule has 6 heteroatoms. The Bertz CT molecular complexity index is 295. The van der Waals surface area contributed by atoms with Crippen molar-refractivity contribution in [3.63, 3.8) is 0 Å². The van der Waals surface area contributed by atoms with Crippen LogP contribution < -0.4 is 21.9 Å². The van der Waals surface area contributed by atoms with Crippen molar-refractivity contribution in [1.82, 2.24) is 0 Å². The molecular formula is C8H4B6. The number of hydrogen-bond acceptors (Lipinski definition) is 0. The summed E-state index contributed by atoms with van der Waals surface area (Å²) in [5.74, 6) is 0. The number of benzene rings is 1. The highest BCUT2D eigenvalue weighted by Crippen LogP contribution is 1.92. The topological polar surface area (TPSA) is 0 Å². The van der Waals surface area contributed by atoms with E-state index in [-0.39, 0.29) is 12.6 Å². The second-order valence-electron chi connectivity index (χ2n) is 3.02. The summed E-state index contributed by atoms with van der Waals surface area (Å²) in [5.41, 5.74) is 2.66. The van der Waals surface area contributed by atoms with Gasteiger partial charge in [-0.3, -0.25) is 0 Å². The van der Waals surface area contributed by atoms with Gasteiger partial charge in [0.2, 0.25) is 0 Å². The van der Waals surface area contributed by atoms with Gasteiger partial charge in [0.25, 0.3) is 0 Å². The summed E-state index contributed by atoms with van der Waals surface area (Å²) in [5, 5.41) is 0. The van der Waals surface area contributed by atoms with Crippen LogP contribution >= 0.6 is 0 Å². The molecule has 54 valence electrons. The molecule has 1 aromatic rings. The average molecular weight is 165 g/mol. The monoisotopic (exact) mass is 166 g/mol. The molecule has 0 saturated carbocycles. The Morgan fingerprint density at radius 2 is 0.786 bits per heavy atom. The first-order valence-corrected chi connectivity index (χ1v) is 4.18. The Morgan fingerprint density at radius 1 is 0.571 bits per heavy atom. The summed E-state index contributed by atoms with van der Waals surface area (Å²) in [4.78, 5) is 0. The van der Waals surface area contributed by atoms with Crippen molar-refractivity contribution in [3.05, 3.63) is 11.1 Å². The molecule has 0 aliphatic heterocycles. The van der Waals surface area contributed by atoms with Crippen molar-refractivity contribution in [1.29, 1.82) is 0 Å². The number of hydrogen-bond donors (Lipinski definition) is 0. The molecule has 0 bridgehead atoms. The van der Waals surface area contributed by atoms with E-state index >= 15 is 0 Å². The van der Waals surface area contributed by atoms with Crippen LogP contribution in [0.25, 0.3) is 0 Å². The molecule has 0 nitrogen and oxygen atoms in total. The van der Waals surface area contributed by atoms with E-state index < -0.39 is 0 Å². The minimum absolute atomic E-state index is 0.205. The maximum Gasteiger partial charge on any atom is 0.113 e. The SMILES string of the molecule is [B]Cc1c([B])c([B])c(C[B])c([B])c1[B]. The first-order chi connectivity index (χ1) is 6.54. The van der Waals surface area contributed by atoms with Crippen LogP contribution in [0.1, 0.15) is 11.1 Å². The van der Waals surface area contributed by atoms with Gasteiger partial charge in [0.05, 0.1) is 15.7 Å². The molecule has 1 rings (SSSR count). The van der Waals surface area contributed by atoms with E-state index in [1.807, 2.05) is 0 Å². The maximum atomic E-state index is 5.74. The second kappa shape index (κ2) is 4.42. The summed E-state index contributed by atoms with van der Waals surface area (Å²) in [6.07, 6.45) is 0.411. The van der Waals surface area contributed by atoms with Crippen molar-refractivity contribution in [2.75, 3.05) is 0 Å². The molecular weight excluding hydrogens is 161 g/mol. The fourth-order valence-electron chi connectivity index (χ4n) is 1.38. The Kier molecular flexibility index (Phi) is 3.69. The molecule has 0 heterocycles. The molecule has 0 saturated heterocycles. The fraction of sp³-hybridized carbons (Fsp3) is 0.250. The van der Waals surface area contributed by atoms with Gasteiger partial charge in [0.15, 0.2) is 0 Å². The van der Waals surface area contributed by atoms with E-state index in [2.05, 4.69) is 0 Å². The van der Waals surface area contributed by atoms with Crippen LogP contribution in [0.15, 0.2) is 0 Å². The number of rotatable bonds is 2. The standard InChI is InChI=1S/C8H4B6/c9-1-3-5(11)7(13)4(2-10)8(14)6(3)12/h1-2H2. The summed E-state index contributed by atoms with van der Waals surface area (Å²) in [6.45, 7) is 0. The van der Waals surface area contributed by atoms with E-state index in [9.17, 15) is 0 Å². The lowest BCUT2D eigenvalue weighted by Gasteiger charge is -2.21. The molecule has 0 aliphatic carbocycles. The normalized spacial score (nSPS) is 10.3. The van der Waals surface area contributed by atoms with E-state index in [0.717, 1.165) is 0 Å². The molecule has 0 unspecified atom stereocenters. The van der Waals surface area contributed by atoms with Gasteiger partial charge >= 0.3 is 0 Å². The van der Waals surface area contributed by atoms with Crippen LogP contribution in [0.2, 0.25) is 0 Å². The maximum absolute atomic E-state index is 5.74. The summed E-state index contributed by atoms with van der Waals surface area (Å²) >= 11 is 0. The van der Waals surface area contributed by atoms with Crippen LogP contribution in [-0.4, -0.2) is 47.1 Å². The fourth-order valence-corrected chi connectivity index (χ4v) is 1.38. The van der Waals surface area contributed by atoms with Crippen molar-refractivity contribution < 1.29 is 0 Å². The lowest BCUT2D eigenvalue weighted by Crippen LogP contribution is -2.47. The zero-order valence-corrected chi connectivity index (χ0v) is 7.88.